The Morgan fingerprint density at radius 2 is 0.521 bits per heavy atom. The van der Waals surface area contributed by atoms with Gasteiger partial charge in [-0.1, -0.05) is 245 Å². The number of ether oxygens (including phenoxy) is 1. The summed E-state index contributed by atoms with van der Waals surface area (Å²) in [4.78, 5) is 12.7. The van der Waals surface area contributed by atoms with E-state index in [0.29, 0.717) is 6.42 Å². The third kappa shape index (κ3) is 39.9. The largest absolute Gasteiger partial charge is 0.462 e. The van der Waals surface area contributed by atoms with Crippen LogP contribution < -0.4 is 0 Å². The van der Waals surface area contributed by atoms with Gasteiger partial charge in [0.25, 0.3) is 0 Å². The van der Waals surface area contributed by atoms with E-state index in [1.807, 2.05) is 0 Å². The quantitative estimate of drug-likeness (QED) is 0.0475. The van der Waals surface area contributed by atoms with E-state index in [-0.39, 0.29) is 12.1 Å². The van der Waals surface area contributed by atoms with Crippen LogP contribution in [0.4, 0.5) is 0 Å². The van der Waals surface area contributed by atoms with E-state index in [9.17, 15) is 4.79 Å². The van der Waals surface area contributed by atoms with Gasteiger partial charge in [0.15, 0.2) is 0 Å². The fraction of sp³-hybridized carbons (Fsp3) is 0.978. The molecule has 0 aliphatic heterocycles. The molecule has 0 bridgehead atoms. The summed E-state index contributed by atoms with van der Waals surface area (Å²) >= 11 is 0. The van der Waals surface area contributed by atoms with Crippen molar-refractivity contribution in [3.8, 4) is 0 Å². The second kappa shape index (κ2) is 42.6. The molecule has 0 N–H and O–H groups in total. The van der Waals surface area contributed by atoms with E-state index in [1.54, 1.807) is 0 Å². The molecule has 0 aromatic rings. The van der Waals surface area contributed by atoms with Crippen LogP contribution in [-0.2, 0) is 9.53 Å². The van der Waals surface area contributed by atoms with Gasteiger partial charge >= 0.3 is 5.97 Å². The van der Waals surface area contributed by atoms with E-state index in [1.165, 1.54) is 238 Å². The Morgan fingerprint density at radius 3 is 0.771 bits per heavy atom. The van der Waals surface area contributed by atoms with Gasteiger partial charge in [-0.15, -0.1) is 0 Å². The maximum atomic E-state index is 12.7. The number of carbonyl (C=O) groups is 1. The molecule has 1 unspecified atom stereocenters. The standard InChI is InChI=1S/C46H92O2/c1-4-7-10-13-15-17-19-21-23-24-25-27-28-30-32-34-37-40-43-45(42-39-36-12-9-6-3)48-46(47)44-41-38-35-33-31-29-26-22-20-18-16-14-11-8-5-2/h45H,4-44H2,1-3H3. The summed E-state index contributed by atoms with van der Waals surface area (Å²) in [5, 5.41) is 0. The summed E-state index contributed by atoms with van der Waals surface area (Å²) in [6, 6.07) is 0. The minimum absolute atomic E-state index is 0.0747. The molecule has 0 fully saturated rings. The van der Waals surface area contributed by atoms with Crippen molar-refractivity contribution in [1.82, 2.24) is 0 Å². The zero-order valence-electron chi connectivity index (χ0n) is 33.9. The molecule has 0 saturated heterocycles. The highest BCUT2D eigenvalue weighted by Gasteiger charge is 2.14. The predicted octanol–water partition coefficient (Wildman–Crippen LogP) is 17.0. The molecule has 288 valence electrons. The lowest BCUT2D eigenvalue weighted by Gasteiger charge is -2.18. The van der Waals surface area contributed by atoms with Gasteiger partial charge in [-0.05, 0) is 32.1 Å². The maximum absolute atomic E-state index is 12.7. The molecule has 0 heterocycles. The van der Waals surface area contributed by atoms with E-state index in [2.05, 4.69) is 20.8 Å². The molecule has 0 aliphatic carbocycles. The molecule has 0 aromatic heterocycles. The molecule has 2 heteroatoms. The lowest BCUT2D eigenvalue weighted by Crippen LogP contribution is -2.18. The highest BCUT2D eigenvalue weighted by atomic mass is 16.5. The van der Waals surface area contributed by atoms with Crippen molar-refractivity contribution in [3.63, 3.8) is 0 Å². The second-order valence-corrected chi connectivity index (χ2v) is 15.8. The Morgan fingerprint density at radius 1 is 0.312 bits per heavy atom. The van der Waals surface area contributed by atoms with Gasteiger partial charge < -0.3 is 4.74 Å². The zero-order chi connectivity index (χ0) is 34.9. The SMILES string of the molecule is CCCCCCCCCCCCCCCCCCCCC(CCCCCCC)OC(=O)CCCCCCCCCCCCCCCCC. The average molecular weight is 677 g/mol. The fourth-order valence-electron chi connectivity index (χ4n) is 7.40. The van der Waals surface area contributed by atoms with Crippen molar-refractivity contribution >= 4 is 5.97 Å². The summed E-state index contributed by atoms with van der Waals surface area (Å²) in [5.74, 6) is 0.0747. The van der Waals surface area contributed by atoms with Gasteiger partial charge in [0, 0.05) is 6.42 Å². The minimum Gasteiger partial charge on any atom is -0.462 e. The molecule has 1 atom stereocenters. The number of rotatable bonds is 42. The fourth-order valence-corrected chi connectivity index (χ4v) is 7.40. The first kappa shape index (κ1) is 47.5. The highest BCUT2D eigenvalue weighted by molar-refractivity contribution is 5.69. The molecule has 0 amide bonds. The summed E-state index contributed by atoms with van der Waals surface area (Å²) in [5.41, 5.74) is 0. The predicted molar refractivity (Wildman–Crippen MR) is 216 cm³/mol. The van der Waals surface area contributed by atoms with Crippen LogP contribution in [0.1, 0.15) is 284 Å². The van der Waals surface area contributed by atoms with Crippen LogP contribution in [0.5, 0.6) is 0 Å². The van der Waals surface area contributed by atoms with Gasteiger partial charge in [-0.2, -0.15) is 0 Å². The molecule has 0 aliphatic rings. The number of hydrogen-bond acceptors (Lipinski definition) is 2. The molecular formula is C46H92O2. The summed E-state index contributed by atoms with van der Waals surface area (Å²) in [6.45, 7) is 6.88. The molecule has 0 radical (unpaired) electrons. The van der Waals surface area contributed by atoms with E-state index in [0.717, 1.165) is 19.3 Å². The van der Waals surface area contributed by atoms with E-state index in [4.69, 9.17) is 4.74 Å². The Labute approximate surface area is 304 Å². The van der Waals surface area contributed by atoms with Gasteiger partial charge in [0.05, 0.1) is 0 Å². The van der Waals surface area contributed by atoms with Crippen LogP contribution >= 0.6 is 0 Å². The molecule has 2 nitrogen and oxygen atoms in total. The average Bonchev–Trinajstić information content (AvgIpc) is 3.09. The van der Waals surface area contributed by atoms with Crippen molar-refractivity contribution in [2.45, 2.75) is 290 Å². The van der Waals surface area contributed by atoms with Crippen molar-refractivity contribution in [3.05, 3.63) is 0 Å². The van der Waals surface area contributed by atoms with Crippen molar-refractivity contribution < 1.29 is 9.53 Å². The molecular weight excluding hydrogens is 585 g/mol. The Kier molecular flexibility index (Phi) is 42.2. The van der Waals surface area contributed by atoms with Crippen LogP contribution in [-0.4, -0.2) is 12.1 Å². The lowest BCUT2D eigenvalue weighted by atomic mass is 10.0. The highest BCUT2D eigenvalue weighted by Crippen LogP contribution is 2.19. The van der Waals surface area contributed by atoms with Gasteiger partial charge in [-0.25, -0.2) is 0 Å². The Bertz CT molecular complexity index is 587. The van der Waals surface area contributed by atoms with Crippen LogP contribution in [0.25, 0.3) is 0 Å². The maximum Gasteiger partial charge on any atom is 0.306 e. The van der Waals surface area contributed by atoms with E-state index >= 15 is 0 Å². The topological polar surface area (TPSA) is 26.3 Å². The third-order valence-electron chi connectivity index (χ3n) is 10.8. The molecule has 0 rings (SSSR count). The minimum atomic E-state index is 0.0747. The number of carbonyl (C=O) groups excluding carboxylic acids is 1. The third-order valence-corrected chi connectivity index (χ3v) is 10.8. The lowest BCUT2D eigenvalue weighted by molar-refractivity contribution is -0.150. The number of unbranched alkanes of at least 4 members (excludes halogenated alkanes) is 35. The first-order valence-corrected chi connectivity index (χ1v) is 22.9. The zero-order valence-corrected chi connectivity index (χ0v) is 33.9. The van der Waals surface area contributed by atoms with Crippen molar-refractivity contribution in [2.75, 3.05) is 0 Å². The summed E-state index contributed by atoms with van der Waals surface area (Å²) in [6.07, 6.45) is 55.3. The monoisotopic (exact) mass is 677 g/mol. The second-order valence-electron chi connectivity index (χ2n) is 15.8. The van der Waals surface area contributed by atoms with Gasteiger partial charge in [0.2, 0.25) is 0 Å². The molecule has 0 aromatic carbocycles. The first-order valence-electron chi connectivity index (χ1n) is 22.9. The molecule has 48 heavy (non-hydrogen) atoms. The summed E-state index contributed by atoms with van der Waals surface area (Å²) < 4.78 is 6.07. The van der Waals surface area contributed by atoms with Gasteiger partial charge in [-0.3, -0.25) is 4.79 Å². The number of esters is 1. The first-order chi connectivity index (χ1) is 23.7. The van der Waals surface area contributed by atoms with Crippen LogP contribution in [0.15, 0.2) is 0 Å². The van der Waals surface area contributed by atoms with Crippen molar-refractivity contribution in [1.29, 1.82) is 0 Å². The smallest absolute Gasteiger partial charge is 0.306 e. The molecule has 0 spiro atoms. The van der Waals surface area contributed by atoms with Crippen LogP contribution in [0, 0.1) is 0 Å². The Balaban J connectivity index is 3.77. The molecule has 0 saturated carbocycles. The van der Waals surface area contributed by atoms with Gasteiger partial charge in [0.1, 0.15) is 6.10 Å². The Hall–Kier alpha value is -0.530. The number of hydrogen-bond donors (Lipinski definition) is 0. The van der Waals surface area contributed by atoms with E-state index < -0.39 is 0 Å². The normalized spacial score (nSPS) is 12.1. The summed E-state index contributed by atoms with van der Waals surface area (Å²) in [7, 11) is 0. The van der Waals surface area contributed by atoms with Crippen LogP contribution in [0.2, 0.25) is 0 Å². The van der Waals surface area contributed by atoms with Crippen LogP contribution in [0.3, 0.4) is 0 Å². The van der Waals surface area contributed by atoms with Crippen molar-refractivity contribution in [2.24, 2.45) is 0 Å².